The number of piperazine rings is 1. The van der Waals surface area contributed by atoms with Crippen molar-refractivity contribution in [2.75, 3.05) is 62.4 Å². The summed E-state index contributed by atoms with van der Waals surface area (Å²) in [7, 11) is 3.07. The Morgan fingerprint density at radius 3 is 2.53 bits per heavy atom. The number of carbonyl (C=O) groups is 1. The van der Waals surface area contributed by atoms with Crippen LogP contribution in [0.25, 0.3) is 0 Å². The van der Waals surface area contributed by atoms with Crippen molar-refractivity contribution in [2.24, 2.45) is 5.92 Å². The van der Waals surface area contributed by atoms with Crippen molar-refractivity contribution in [3.63, 3.8) is 0 Å². The Morgan fingerprint density at radius 1 is 1.08 bits per heavy atom. The molecule has 2 heterocycles. The quantitative estimate of drug-likeness (QED) is 0.395. The summed E-state index contributed by atoms with van der Waals surface area (Å²) in [5, 5.41) is 15.2. The maximum atomic E-state index is 13.9. The van der Waals surface area contributed by atoms with E-state index in [0.29, 0.717) is 22.7 Å². The van der Waals surface area contributed by atoms with Gasteiger partial charge >= 0.3 is 6.18 Å². The predicted molar refractivity (Wildman–Crippen MR) is 135 cm³/mol. The molecule has 3 atom stereocenters. The average Bonchev–Trinajstić information content (AvgIpc) is 2.88. The van der Waals surface area contributed by atoms with Crippen LogP contribution >= 0.6 is 0 Å². The lowest BCUT2D eigenvalue weighted by molar-refractivity contribution is -0.181. The number of methoxy groups -OCH3 is 1. The van der Waals surface area contributed by atoms with Crippen LogP contribution in [0.1, 0.15) is 16.8 Å². The van der Waals surface area contributed by atoms with Gasteiger partial charge in [-0.3, -0.25) is 10.1 Å². The van der Waals surface area contributed by atoms with Crippen molar-refractivity contribution in [3.05, 3.63) is 48.0 Å². The second-order valence-electron chi connectivity index (χ2n) is 8.99. The Kier molecular flexibility index (Phi) is 8.10. The summed E-state index contributed by atoms with van der Waals surface area (Å²) in [5.41, 5.74) is 2.41. The second kappa shape index (κ2) is 11.3. The highest BCUT2D eigenvalue weighted by atomic mass is 19.4. The van der Waals surface area contributed by atoms with Crippen LogP contribution in [0.5, 0.6) is 5.75 Å². The summed E-state index contributed by atoms with van der Waals surface area (Å²) >= 11 is 0. The van der Waals surface area contributed by atoms with Gasteiger partial charge in [0, 0.05) is 69.7 Å². The van der Waals surface area contributed by atoms with Gasteiger partial charge in [0.05, 0.1) is 30.4 Å². The minimum atomic E-state index is -4.40. The predicted octanol–water partition coefficient (Wildman–Crippen LogP) is 2.85. The Bertz CT molecular complexity index is 1040. The standard InChI is InChI=1S/C25H33F3N6O2/c1-29-24(35)17-5-3-4-6-19(17)32-21-14-23(31-15-18(21)25(26,27)28)33-20-8-7-16(13-22(20)36-2)34-11-9-30-10-12-34/h3-8,13,18,21,23,30-33H,9-12,14-15H2,1-2H3,(H,29,35). The van der Waals surface area contributed by atoms with Crippen molar-refractivity contribution in [3.8, 4) is 5.75 Å². The number of rotatable bonds is 7. The number of para-hydroxylation sites is 1. The lowest BCUT2D eigenvalue weighted by Crippen LogP contribution is -2.56. The van der Waals surface area contributed by atoms with E-state index >= 15 is 0 Å². The van der Waals surface area contributed by atoms with E-state index in [-0.39, 0.29) is 18.9 Å². The molecule has 0 aliphatic carbocycles. The van der Waals surface area contributed by atoms with E-state index in [1.807, 2.05) is 18.2 Å². The first-order valence-electron chi connectivity index (χ1n) is 12.1. The molecule has 8 nitrogen and oxygen atoms in total. The zero-order valence-electron chi connectivity index (χ0n) is 20.4. The van der Waals surface area contributed by atoms with Crippen LogP contribution in [-0.4, -0.2) is 71.2 Å². The Labute approximate surface area is 209 Å². The zero-order valence-corrected chi connectivity index (χ0v) is 20.4. The maximum Gasteiger partial charge on any atom is 0.394 e. The summed E-state index contributed by atoms with van der Waals surface area (Å²) in [6.45, 7) is 3.34. The summed E-state index contributed by atoms with van der Waals surface area (Å²) in [6.07, 6.45) is -4.71. The van der Waals surface area contributed by atoms with Crippen LogP contribution in [-0.2, 0) is 0 Å². The van der Waals surface area contributed by atoms with E-state index in [9.17, 15) is 18.0 Å². The first-order chi connectivity index (χ1) is 17.3. The second-order valence-corrected chi connectivity index (χ2v) is 8.99. The van der Waals surface area contributed by atoms with Gasteiger partial charge in [0.2, 0.25) is 0 Å². The van der Waals surface area contributed by atoms with Crippen LogP contribution in [0, 0.1) is 5.92 Å². The van der Waals surface area contributed by atoms with E-state index in [0.717, 1.165) is 31.9 Å². The number of piperidine rings is 1. The number of halogens is 3. The molecule has 2 aliphatic rings. The van der Waals surface area contributed by atoms with E-state index in [1.165, 1.54) is 7.05 Å². The number of amides is 1. The summed E-state index contributed by atoms with van der Waals surface area (Å²) < 4.78 is 47.3. The van der Waals surface area contributed by atoms with Gasteiger partial charge < -0.3 is 30.9 Å². The molecule has 3 unspecified atom stereocenters. The van der Waals surface area contributed by atoms with Crippen LogP contribution in [0.4, 0.5) is 30.2 Å². The summed E-state index contributed by atoms with van der Waals surface area (Å²) in [5.74, 6) is -1.36. The Morgan fingerprint density at radius 2 is 1.83 bits per heavy atom. The monoisotopic (exact) mass is 506 g/mol. The number of nitrogens with zero attached hydrogens (tertiary/aromatic N) is 1. The molecule has 2 aromatic rings. The minimum absolute atomic E-state index is 0.134. The molecule has 36 heavy (non-hydrogen) atoms. The third-order valence-electron chi connectivity index (χ3n) is 6.72. The van der Waals surface area contributed by atoms with Gasteiger partial charge in [0.1, 0.15) is 5.75 Å². The van der Waals surface area contributed by atoms with Crippen molar-refractivity contribution in [1.82, 2.24) is 16.0 Å². The van der Waals surface area contributed by atoms with E-state index < -0.39 is 24.3 Å². The fraction of sp³-hybridized carbons (Fsp3) is 0.480. The molecule has 4 rings (SSSR count). The van der Waals surface area contributed by atoms with Gasteiger partial charge in [0.25, 0.3) is 5.91 Å². The molecule has 196 valence electrons. The van der Waals surface area contributed by atoms with Gasteiger partial charge in [-0.05, 0) is 24.3 Å². The molecule has 2 aromatic carbocycles. The molecule has 5 N–H and O–H groups in total. The largest absolute Gasteiger partial charge is 0.495 e. The third-order valence-corrected chi connectivity index (χ3v) is 6.72. The number of hydrogen-bond donors (Lipinski definition) is 5. The smallest absolute Gasteiger partial charge is 0.394 e. The van der Waals surface area contributed by atoms with E-state index in [4.69, 9.17) is 4.74 Å². The van der Waals surface area contributed by atoms with Crippen LogP contribution < -0.4 is 36.2 Å². The number of alkyl halides is 3. The van der Waals surface area contributed by atoms with Gasteiger partial charge in [-0.1, -0.05) is 12.1 Å². The molecule has 0 aromatic heterocycles. The van der Waals surface area contributed by atoms with Gasteiger partial charge in [-0.25, -0.2) is 0 Å². The van der Waals surface area contributed by atoms with Crippen molar-refractivity contribution >= 4 is 23.0 Å². The van der Waals surface area contributed by atoms with Crippen molar-refractivity contribution < 1.29 is 22.7 Å². The number of hydrogen-bond acceptors (Lipinski definition) is 7. The first kappa shape index (κ1) is 25.9. The first-order valence-corrected chi connectivity index (χ1v) is 12.1. The lowest BCUT2D eigenvalue weighted by Gasteiger charge is -2.39. The van der Waals surface area contributed by atoms with Crippen LogP contribution in [0.15, 0.2) is 42.5 Å². The van der Waals surface area contributed by atoms with Crippen molar-refractivity contribution in [1.29, 1.82) is 0 Å². The summed E-state index contributed by atoms with van der Waals surface area (Å²) in [6, 6.07) is 11.5. The third kappa shape index (κ3) is 5.96. The van der Waals surface area contributed by atoms with E-state index in [1.54, 1.807) is 31.4 Å². The molecule has 11 heteroatoms. The molecule has 2 saturated heterocycles. The summed E-state index contributed by atoms with van der Waals surface area (Å²) in [4.78, 5) is 14.5. The Hall–Kier alpha value is -3.18. The number of anilines is 3. The van der Waals surface area contributed by atoms with Gasteiger partial charge in [-0.15, -0.1) is 0 Å². The SMILES string of the molecule is CNC(=O)c1ccccc1NC1CC(Nc2ccc(N3CCNCC3)cc2OC)NCC1C(F)(F)F. The molecule has 0 saturated carbocycles. The molecule has 0 bridgehead atoms. The highest BCUT2D eigenvalue weighted by molar-refractivity contribution is 5.99. The molecular weight excluding hydrogens is 473 g/mol. The minimum Gasteiger partial charge on any atom is -0.495 e. The molecule has 1 amide bonds. The fourth-order valence-electron chi connectivity index (χ4n) is 4.77. The maximum absolute atomic E-state index is 13.9. The zero-order chi connectivity index (χ0) is 25.7. The normalized spacial score (nSPS) is 22.6. The number of carbonyl (C=O) groups excluding carboxylic acids is 1. The Balaban J connectivity index is 1.52. The molecule has 0 radical (unpaired) electrons. The van der Waals surface area contributed by atoms with Gasteiger partial charge in [0.15, 0.2) is 0 Å². The van der Waals surface area contributed by atoms with E-state index in [2.05, 4.69) is 31.5 Å². The number of ether oxygens (including phenoxy) is 1. The molecule has 0 spiro atoms. The molecule has 2 aliphatic heterocycles. The molecule has 2 fully saturated rings. The lowest BCUT2D eigenvalue weighted by atomic mass is 9.90. The van der Waals surface area contributed by atoms with Gasteiger partial charge in [-0.2, -0.15) is 13.2 Å². The fourth-order valence-corrected chi connectivity index (χ4v) is 4.77. The van der Waals surface area contributed by atoms with Crippen LogP contribution in [0.2, 0.25) is 0 Å². The number of nitrogens with one attached hydrogen (secondary N) is 5. The molecular formula is C25H33F3N6O2. The highest BCUT2D eigenvalue weighted by Gasteiger charge is 2.47. The number of benzene rings is 2. The topological polar surface area (TPSA) is 89.7 Å². The average molecular weight is 507 g/mol. The van der Waals surface area contributed by atoms with Crippen LogP contribution in [0.3, 0.4) is 0 Å². The van der Waals surface area contributed by atoms with Crippen molar-refractivity contribution in [2.45, 2.75) is 24.8 Å². The highest BCUT2D eigenvalue weighted by Crippen LogP contribution is 2.36.